The SMILES string of the molecule is CC1(C)Oc2ccc([N+](=O)[O-])nc2N(Cc2ccc(Cl)c(Cl)c2)C1=O. The number of pyridine rings is 1. The Labute approximate surface area is 153 Å². The molecule has 0 saturated heterocycles. The second-order valence-electron chi connectivity index (χ2n) is 6.00. The molecule has 1 aromatic heterocycles. The molecule has 2 heterocycles. The summed E-state index contributed by atoms with van der Waals surface area (Å²) in [5.74, 6) is -0.326. The Morgan fingerprint density at radius 1 is 1.24 bits per heavy atom. The lowest BCUT2D eigenvalue weighted by atomic mass is 10.0. The normalized spacial score (nSPS) is 15.5. The van der Waals surface area contributed by atoms with Crippen LogP contribution in [0.1, 0.15) is 19.4 Å². The lowest BCUT2D eigenvalue weighted by Crippen LogP contribution is -2.52. The first-order chi connectivity index (χ1) is 11.7. The van der Waals surface area contributed by atoms with Crippen LogP contribution in [0.5, 0.6) is 5.75 Å². The Kier molecular flexibility index (Phi) is 4.30. The number of carbonyl (C=O) groups is 1. The van der Waals surface area contributed by atoms with Crippen LogP contribution in [0.25, 0.3) is 0 Å². The van der Waals surface area contributed by atoms with Crippen molar-refractivity contribution >= 4 is 40.7 Å². The lowest BCUT2D eigenvalue weighted by Gasteiger charge is -2.35. The van der Waals surface area contributed by atoms with Crippen LogP contribution in [0.2, 0.25) is 10.0 Å². The van der Waals surface area contributed by atoms with Crippen molar-refractivity contribution in [1.29, 1.82) is 0 Å². The van der Waals surface area contributed by atoms with Crippen LogP contribution in [-0.4, -0.2) is 21.4 Å². The van der Waals surface area contributed by atoms with Crippen LogP contribution in [0, 0.1) is 10.1 Å². The van der Waals surface area contributed by atoms with Crippen LogP contribution >= 0.6 is 23.2 Å². The molecule has 7 nitrogen and oxygen atoms in total. The van der Waals surface area contributed by atoms with Crippen molar-refractivity contribution in [1.82, 2.24) is 4.98 Å². The highest BCUT2D eigenvalue weighted by Crippen LogP contribution is 2.38. The van der Waals surface area contributed by atoms with Crippen LogP contribution < -0.4 is 9.64 Å². The number of aromatic nitrogens is 1. The average molecular weight is 382 g/mol. The van der Waals surface area contributed by atoms with Crippen LogP contribution in [-0.2, 0) is 11.3 Å². The van der Waals surface area contributed by atoms with Gasteiger partial charge in [-0.3, -0.25) is 9.69 Å². The standard InChI is InChI=1S/C16H13Cl2N3O4/c1-16(2)15(22)20(8-9-3-4-10(17)11(18)7-9)14-12(25-16)5-6-13(19-14)21(23)24/h3-7H,8H2,1-2H3. The monoisotopic (exact) mass is 381 g/mol. The van der Waals surface area contributed by atoms with E-state index in [1.807, 2.05) is 0 Å². The molecule has 25 heavy (non-hydrogen) atoms. The van der Waals surface area contributed by atoms with Gasteiger partial charge in [0.05, 0.1) is 16.6 Å². The van der Waals surface area contributed by atoms with Crippen molar-refractivity contribution in [2.45, 2.75) is 26.0 Å². The van der Waals surface area contributed by atoms with Crippen LogP contribution in [0.15, 0.2) is 30.3 Å². The zero-order chi connectivity index (χ0) is 18.4. The van der Waals surface area contributed by atoms with E-state index in [4.69, 9.17) is 27.9 Å². The fourth-order valence-electron chi connectivity index (χ4n) is 2.51. The van der Waals surface area contributed by atoms with Gasteiger partial charge >= 0.3 is 5.82 Å². The molecule has 9 heteroatoms. The molecule has 0 saturated carbocycles. The molecule has 0 N–H and O–H groups in total. The van der Waals surface area contributed by atoms with E-state index in [2.05, 4.69) is 4.98 Å². The van der Waals surface area contributed by atoms with E-state index in [-0.39, 0.29) is 24.1 Å². The Morgan fingerprint density at radius 3 is 2.60 bits per heavy atom. The summed E-state index contributed by atoms with van der Waals surface area (Å²) in [6.45, 7) is 3.38. The van der Waals surface area contributed by atoms with E-state index in [0.29, 0.717) is 21.4 Å². The zero-order valence-corrected chi connectivity index (χ0v) is 14.8. The van der Waals surface area contributed by atoms with E-state index >= 15 is 0 Å². The molecule has 1 aromatic carbocycles. The molecule has 0 spiro atoms. The first-order valence-corrected chi connectivity index (χ1v) is 8.05. The molecular weight excluding hydrogens is 369 g/mol. The highest BCUT2D eigenvalue weighted by molar-refractivity contribution is 6.42. The summed E-state index contributed by atoms with van der Waals surface area (Å²) in [7, 11) is 0. The molecule has 130 valence electrons. The van der Waals surface area contributed by atoms with Crippen molar-refractivity contribution in [2.75, 3.05) is 4.90 Å². The predicted molar refractivity (Wildman–Crippen MR) is 93.3 cm³/mol. The Morgan fingerprint density at radius 2 is 1.96 bits per heavy atom. The van der Waals surface area contributed by atoms with Crippen molar-refractivity contribution < 1.29 is 14.5 Å². The van der Waals surface area contributed by atoms with Gasteiger partial charge in [0.25, 0.3) is 11.7 Å². The number of benzene rings is 1. The van der Waals surface area contributed by atoms with Gasteiger partial charge in [-0.1, -0.05) is 29.3 Å². The molecule has 0 unspecified atom stereocenters. The van der Waals surface area contributed by atoms with Crippen molar-refractivity contribution in [3.05, 3.63) is 56.1 Å². The fraction of sp³-hybridized carbons (Fsp3) is 0.250. The van der Waals surface area contributed by atoms with E-state index in [1.54, 1.807) is 32.0 Å². The molecule has 0 fully saturated rings. The van der Waals surface area contributed by atoms with E-state index in [0.717, 1.165) is 0 Å². The number of nitrogens with zero attached hydrogens (tertiary/aromatic N) is 3. The Balaban J connectivity index is 2.07. The average Bonchev–Trinajstić information content (AvgIpc) is 2.54. The minimum Gasteiger partial charge on any atom is -0.472 e. The van der Waals surface area contributed by atoms with E-state index < -0.39 is 10.5 Å². The topological polar surface area (TPSA) is 85.6 Å². The van der Waals surface area contributed by atoms with E-state index in [1.165, 1.54) is 17.0 Å². The zero-order valence-electron chi connectivity index (χ0n) is 13.3. The Hall–Kier alpha value is -2.38. The van der Waals surface area contributed by atoms with Gasteiger partial charge in [0.1, 0.15) is 0 Å². The van der Waals surface area contributed by atoms with Gasteiger partial charge in [0.15, 0.2) is 11.4 Å². The molecule has 3 rings (SSSR count). The summed E-state index contributed by atoms with van der Waals surface area (Å²) in [6, 6.07) is 7.66. The van der Waals surface area contributed by atoms with Crippen molar-refractivity contribution in [3.8, 4) is 5.75 Å². The Bertz CT molecular complexity index is 886. The summed E-state index contributed by atoms with van der Waals surface area (Å²) >= 11 is 11.9. The number of halogens is 2. The third kappa shape index (κ3) is 3.25. The highest BCUT2D eigenvalue weighted by atomic mass is 35.5. The fourth-order valence-corrected chi connectivity index (χ4v) is 2.83. The van der Waals surface area contributed by atoms with Crippen LogP contribution in [0.3, 0.4) is 0 Å². The number of fused-ring (bicyclic) bond motifs is 1. The maximum atomic E-state index is 12.8. The third-order valence-corrected chi connectivity index (χ3v) is 4.46. The minimum absolute atomic E-state index is 0.101. The smallest absolute Gasteiger partial charge is 0.366 e. The maximum Gasteiger partial charge on any atom is 0.366 e. The molecule has 1 aliphatic rings. The second kappa shape index (κ2) is 6.16. The summed E-state index contributed by atoms with van der Waals surface area (Å²) in [4.78, 5) is 28.5. The maximum absolute atomic E-state index is 12.8. The van der Waals surface area contributed by atoms with Crippen LogP contribution in [0.4, 0.5) is 11.6 Å². The number of anilines is 1. The van der Waals surface area contributed by atoms with Crippen molar-refractivity contribution in [2.24, 2.45) is 0 Å². The summed E-state index contributed by atoms with van der Waals surface area (Å²) < 4.78 is 5.65. The molecule has 1 aliphatic heterocycles. The number of hydrogen-bond acceptors (Lipinski definition) is 5. The number of carbonyl (C=O) groups excluding carboxylic acids is 1. The van der Waals surface area contributed by atoms with Gasteiger partial charge in [-0.05, 0) is 47.5 Å². The number of ether oxygens (including phenoxy) is 1. The highest BCUT2D eigenvalue weighted by Gasteiger charge is 2.44. The summed E-state index contributed by atoms with van der Waals surface area (Å²) in [5, 5.41) is 11.8. The number of hydrogen-bond donors (Lipinski definition) is 0. The van der Waals surface area contributed by atoms with Gasteiger partial charge in [0, 0.05) is 6.07 Å². The minimum atomic E-state index is -1.12. The number of nitro groups is 1. The second-order valence-corrected chi connectivity index (χ2v) is 6.81. The predicted octanol–water partition coefficient (Wildman–Crippen LogP) is 4.00. The number of amides is 1. The van der Waals surface area contributed by atoms with E-state index in [9.17, 15) is 14.9 Å². The molecule has 2 aromatic rings. The van der Waals surface area contributed by atoms with Gasteiger partial charge < -0.3 is 14.9 Å². The quantitative estimate of drug-likeness (QED) is 0.592. The van der Waals surface area contributed by atoms with Gasteiger partial charge in [-0.2, -0.15) is 0 Å². The summed E-state index contributed by atoms with van der Waals surface area (Å²) in [6.07, 6.45) is 0. The largest absolute Gasteiger partial charge is 0.472 e. The molecule has 0 aliphatic carbocycles. The van der Waals surface area contributed by atoms with Gasteiger partial charge in [0.2, 0.25) is 0 Å². The first kappa shape index (κ1) is 17.4. The first-order valence-electron chi connectivity index (χ1n) is 7.29. The number of rotatable bonds is 3. The van der Waals surface area contributed by atoms with Crippen molar-refractivity contribution in [3.63, 3.8) is 0 Å². The molecule has 0 atom stereocenters. The molecule has 1 amide bonds. The third-order valence-electron chi connectivity index (χ3n) is 3.72. The summed E-state index contributed by atoms with van der Waals surface area (Å²) in [5.41, 5.74) is -0.416. The van der Waals surface area contributed by atoms with Gasteiger partial charge in [-0.15, -0.1) is 0 Å². The molecule has 0 bridgehead atoms. The molecular formula is C16H13Cl2N3O4. The van der Waals surface area contributed by atoms with Gasteiger partial charge in [-0.25, -0.2) is 0 Å². The molecule has 0 radical (unpaired) electrons. The lowest BCUT2D eigenvalue weighted by molar-refractivity contribution is -0.389.